The molecule has 1 amide bonds. The molecule has 0 heterocycles. The maximum atomic E-state index is 12.9. The van der Waals surface area contributed by atoms with Crippen LogP contribution in [0.3, 0.4) is 0 Å². The molecule has 3 nitrogen and oxygen atoms in total. The van der Waals surface area contributed by atoms with E-state index in [1.165, 1.54) is 6.07 Å². The van der Waals surface area contributed by atoms with Gasteiger partial charge in [-0.3, -0.25) is 4.79 Å². The van der Waals surface area contributed by atoms with E-state index in [0.29, 0.717) is 0 Å². The maximum absolute atomic E-state index is 12.9. The van der Waals surface area contributed by atoms with Gasteiger partial charge in [0.2, 0.25) is 0 Å². The molecular formula is C13H14BrF3N2O. The lowest BCUT2D eigenvalue weighted by atomic mass is 9.78. The van der Waals surface area contributed by atoms with Gasteiger partial charge in [-0.25, -0.2) is 0 Å². The van der Waals surface area contributed by atoms with Gasteiger partial charge < -0.3 is 11.1 Å². The summed E-state index contributed by atoms with van der Waals surface area (Å²) in [4.78, 5) is 11.9. The molecule has 1 aliphatic carbocycles. The third-order valence-electron chi connectivity index (χ3n) is 3.48. The monoisotopic (exact) mass is 350 g/mol. The van der Waals surface area contributed by atoms with Crippen LogP contribution in [0.4, 0.5) is 13.2 Å². The fourth-order valence-corrected chi connectivity index (χ4v) is 2.47. The Morgan fingerprint density at radius 2 is 2.05 bits per heavy atom. The lowest BCUT2D eigenvalue weighted by Gasteiger charge is -2.38. The van der Waals surface area contributed by atoms with Crippen molar-refractivity contribution >= 4 is 21.8 Å². The number of rotatable bonds is 3. The number of carbonyl (C=O) groups is 1. The Bertz CT molecular complexity index is 527. The smallest absolute Gasteiger partial charge is 0.350 e. The predicted octanol–water partition coefficient (Wildman–Crippen LogP) is 3.08. The van der Waals surface area contributed by atoms with Crippen molar-refractivity contribution in [3.05, 3.63) is 33.8 Å². The second-order valence-electron chi connectivity index (χ2n) is 5.09. The van der Waals surface area contributed by atoms with Crippen molar-refractivity contribution in [2.24, 2.45) is 5.73 Å². The summed E-state index contributed by atoms with van der Waals surface area (Å²) >= 11 is 2.98. The van der Waals surface area contributed by atoms with Crippen LogP contribution in [-0.4, -0.2) is 18.0 Å². The van der Waals surface area contributed by atoms with Crippen molar-refractivity contribution in [3.63, 3.8) is 0 Å². The van der Waals surface area contributed by atoms with Gasteiger partial charge in [0, 0.05) is 16.6 Å². The average Bonchev–Trinajstić information content (AvgIpc) is 2.32. The van der Waals surface area contributed by atoms with Crippen molar-refractivity contribution in [1.82, 2.24) is 5.32 Å². The van der Waals surface area contributed by atoms with Crippen LogP contribution >= 0.6 is 15.9 Å². The summed E-state index contributed by atoms with van der Waals surface area (Å²) in [6.45, 7) is 0.194. The lowest BCUT2D eigenvalue weighted by Crippen LogP contribution is -2.55. The molecule has 3 N–H and O–H groups in total. The highest BCUT2D eigenvalue weighted by atomic mass is 79.9. The molecule has 0 bridgehead atoms. The van der Waals surface area contributed by atoms with Crippen molar-refractivity contribution < 1.29 is 18.0 Å². The highest BCUT2D eigenvalue weighted by Gasteiger charge is 2.37. The zero-order chi connectivity index (χ0) is 15.0. The molecule has 0 atom stereocenters. The Balaban J connectivity index is 2.17. The van der Waals surface area contributed by atoms with E-state index in [1.54, 1.807) is 0 Å². The summed E-state index contributed by atoms with van der Waals surface area (Å²) < 4.78 is 39.0. The van der Waals surface area contributed by atoms with E-state index in [0.717, 1.165) is 31.4 Å². The van der Waals surface area contributed by atoms with Crippen LogP contribution in [0.1, 0.15) is 35.2 Å². The minimum atomic E-state index is -4.58. The van der Waals surface area contributed by atoms with Gasteiger partial charge in [0.05, 0.1) is 11.1 Å². The predicted molar refractivity (Wildman–Crippen MR) is 72.2 cm³/mol. The van der Waals surface area contributed by atoms with Crippen molar-refractivity contribution in [1.29, 1.82) is 0 Å². The van der Waals surface area contributed by atoms with Crippen LogP contribution in [0.25, 0.3) is 0 Å². The molecule has 20 heavy (non-hydrogen) atoms. The first-order chi connectivity index (χ1) is 9.21. The number of benzene rings is 1. The van der Waals surface area contributed by atoms with Gasteiger partial charge >= 0.3 is 6.18 Å². The Kier molecular flexibility index (Phi) is 4.11. The highest BCUT2D eigenvalue weighted by Crippen LogP contribution is 2.34. The first-order valence-corrected chi connectivity index (χ1v) is 6.94. The standard InChI is InChI=1S/C13H14BrF3N2O/c14-8-2-3-9(10(6-8)13(15,16)17)11(20)19-7-12(18)4-1-5-12/h2-3,6H,1,4-5,7,18H2,(H,19,20). The first kappa shape index (κ1) is 15.3. The van der Waals surface area contributed by atoms with Gasteiger partial charge in [0.25, 0.3) is 5.91 Å². The molecule has 7 heteroatoms. The summed E-state index contributed by atoms with van der Waals surface area (Å²) in [5, 5.41) is 2.49. The molecule has 1 aliphatic rings. The SMILES string of the molecule is NC1(CNC(=O)c2ccc(Br)cc2C(F)(F)F)CCC1. The van der Waals surface area contributed by atoms with Crippen molar-refractivity contribution in [2.75, 3.05) is 6.54 Å². The Morgan fingerprint density at radius 1 is 1.40 bits per heavy atom. The molecule has 0 radical (unpaired) electrons. The Hall–Kier alpha value is -1.08. The fourth-order valence-electron chi connectivity index (χ4n) is 2.11. The van der Waals surface area contributed by atoms with Crippen molar-refractivity contribution in [2.45, 2.75) is 31.0 Å². The van der Waals surface area contributed by atoms with Gasteiger partial charge in [-0.15, -0.1) is 0 Å². The summed E-state index contributed by atoms with van der Waals surface area (Å²) in [5.41, 5.74) is 4.12. The number of nitrogens with two attached hydrogens (primary N) is 1. The van der Waals surface area contributed by atoms with Crippen LogP contribution in [0.15, 0.2) is 22.7 Å². The second-order valence-corrected chi connectivity index (χ2v) is 6.00. The number of amides is 1. The molecule has 1 aromatic rings. The number of halogens is 4. The van der Waals surface area contributed by atoms with E-state index in [-0.39, 0.29) is 16.6 Å². The summed E-state index contributed by atoms with van der Waals surface area (Å²) in [6.07, 6.45) is -2.04. The number of nitrogens with one attached hydrogen (secondary N) is 1. The minimum Gasteiger partial charge on any atom is -0.350 e. The minimum absolute atomic E-state index is 0.194. The van der Waals surface area contributed by atoms with Gasteiger partial charge in [0.15, 0.2) is 0 Å². The van der Waals surface area contributed by atoms with E-state index in [2.05, 4.69) is 21.2 Å². The van der Waals surface area contributed by atoms with Crippen LogP contribution < -0.4 is 11.1 Å². The number of alkyl halides is 3. The van der Waals surface area contributed by atoms with E-state index in [9.17, 15) is 18.0 Å². The lowest BCUT2D eigenvalue weighted by molar-refractivity contribution is -0.138. The summed E-state index contributed by atoms with van der Waals surface area (Å²) in [5.74, 6) is -0.749. The van der Waals surface area contributed by atoms with Crippen molar-refractivity contribution in [3.8, 4) is 0 Å². The molecule has 0 unspecified atom stereocenters. The quantitative estimate of drug-likeness (QED) is 0.880. The molecule has 110 valence electrons. The van der Waals surface area contributed by atoms with E-state index in [1.807, 2.05) is 0 Å². The van der Waals surface area contributed by atoms with Crippen LogP contribution in [0, 0.1) is 0 Å². The van der Waals surface area contributed by atoms with E-state index in [4.69, 9.17) is 5.73 Å². The molecule has 0 aliphatic heterocycles. The highest BCUT2D eigenvalue weighted by molar-refractivity contribution is 9.10. The zero-order valence-corrected chi connectivity index (χ0v) is 12.1. The Labute approximate surface area is 122 Å². The topological polar surface area (TPSA) is 55.1 Å². The Morgan fingerprint density at radius 3 is 2.55 bits per heavy atom. The van der Waals surface area contributed by atoms with Crippen LogP contribution in [-0.2, 0) is 6.18 Å². The maximum Gasteiger partial charge on any atom is 0.417 e. The zero-order valence-electron chi connectivity index (χ0n) is 10.6. The third kappa shape index (κ3) is 3.32. The molecule has 1 saturated carbocycles. The number of hydrogen-bond donors (Lipinski definition) is 2. The average molecular weight is 351 g/mol. The third-order valence-corrected chi connectivity index (χ3v) is 3.98. The van der Waals surface area contributed by atoms with Crippen LogP contribution in [0.5, 0.6) is 0 Å². The number of carbonyl (C=O) groups excluding carboxylic acids is 1. The summed E-state index contributed by atoms with van der Waals surface area (Å²) in [7, 11) is 0. The fraction of sp³-hybridized carbons (Fsp3) is 0.462. The van der Waals surface area contributed by atoms with Crippen LogP contribution in [0.2, 0.25) is 0 Å². The summed E-state index contributed by atoms with van der Waals surface area (Å²) in [6, 6.07) is 3.47. The van der Waals surface area contributed by atoms with Gasteiger partial charge in [-0.2, -0.15) is 13.2 Å². The molecule has 1 aromatic carbocycles. The second kappa shape index (κ2) is 5.37. The largest absolute Gasteiger partial charge is 0.417 e. The molecule has 0 saturated heterocycles. The van der Waals surface area contributed by atoms with Gasteiger partial charge in [-0.1, -0.05) is 15.9 Å². The molecule has 2 rings (SSSR count). The van der Waals surface area contributed by atoms with E-state index >= 15 is 0 Å². The molecule has 0 aromatic heterocycles. The normalized spacial score (nSPS) is 17.4. The molecule has 1 fully saturated rings. The molecule has 0 spiro atoms. The van der Waals surface area contributed by atoms with E-state index < -0.39 is 23.2 Å². The first-order valence-electron chi connectivity index (χ1n) is 6.15. The molecular weight excluding hydrogens is 337 g/mol. The van der Waals surface area contributed by atoms with Gasteiger partial charge in [0.1, 0.15) is 0 Å². The number of hydrogen-bond acceptors (Lipinski definition) is 2. The van der Waals surface area contributed by atoms with Gasteiger partial charge in [-0.05, 0) is 37.5 Å².